The molecule has 10 heteroatoms. The molecule has 0 aliphatic carbocycles. The van der Waals surface area contributed by atoms with Crippen LogP contribution in [0.1, 0.15) is 36.1 Å². The summed E-state index contributed by atoms with van der Waals surface area (Å²) < 4.78 is 14.8. The molecule has 0 fully saturated rings. The molecule has 31 heavy (non-hydrogen) atoms. The van der Waals surface area contributed by atoms with Gasteiger partial charge in [-0.25, -0.2) is 14.4 Å². The van der Waals surface area contributed by atoms with Crippen molar-refractivity contribution in [3.05, 3.63) is 59.3 Å². The van der Waals surface area contributed by atoms with E-state index in [-0.39, 0.29) is 31.3 Å². The van der Waals surface area contributed by atoms with Gasteiger partial charge in [-0.2, -0.15) is 18.6 Å². The molecule has 3 aromatic rings. The maximum atomic E-state index is 13.0. The molecule has 0 saturated heterocycles. The van der Waals surface area contributed by atoms with Crippen LogP contribution < -0.4 is 10.2 Å². The third kappa shape index (κ3) is 4.84. The largest absolute Gasteiger partial charge is 0.346 e. The monoisotopic (exact) mass is 443 g/mol. The summed E-state index contributed by atoms with van der Waals surface area (Å²) in [5.74, 6) is 1.13. The predicted molar refractivity (Wildman–Crippen MR) is 121 cm³/mol. The predicted octanol–water partition coefficient (Wildman–Crippen LogP) is 2.63. The first kappa shape index (κ1) is 22.7. The van der Waals surface area contributed by atoms with Crippen LogP contribution in [-0.4, -0.2) is 43.7 Å². The highest BCUT2D eigenvalue weighted by Gasteiger charge is 2.32. The molecular weight excluding hydrogens is 417 g/mol. The number of hydrogen-bond acceptors (Lipinski definition) is 6. The van der Waals surface area contributed by atoms with Gasteiger partial charge in [0.15, 0.2) is 5.82 Å². The first-order valence-corrected chi connectivity index (χ1v) is 9.97. The molecule has 1 atom stereocenters. The summed E-state index contributed by atoms with van der Waals surface area (Å²) in [4.78, 5) is 27.5. The van der Waals surface area contributed by atoms with Gasteiger partial charge in [-0.05, 0) is 37.5 Å². The zero-order valence-corrected chi connectivity index (χ0v) is 18.8. The van der Waals surface area contributed by atoms with Gasteiger partial charge in [0, 0.05) is 19.7 Å². The maximum Gasteiger partial charge on any atom is 0.247 e. The van der Waals surface area contributed by atoms with Crippen LogP contribution in [-0.2, 0) is 24.2 Å². The van der Waals surface area contributed by atoms with E-state index in [9.17, 15) is 9.18 Å². The fourth-order valence-corrected chi connectivity index (χ4v) is 3.66. The lowest BCUT2D eigenvalue weighted by atomic mass is 10.1. The van der Waals surface area contributed by atoms with Crippen LogP contribution >= 0.6 is 13.5 Å². The second-order valence-corrected chi connectivity index (χ2v) is 7.46. The van der Waals surface area contributed by atoms with Crippen molar-refractivity contribution in [1.29, 1.82) is 0 Å². The lowest BCUT2D eigenvalue weighted by Crippen LogP contribution is -2.46. The highest BCUT2D eigenvalue weighted by molar-refractivity contribution is 7.59. The molecule has 0 unspecified atom stereocenters. The number of halogens is 1. The second-order valence-electron chi connectivity index (χ2n) is 7.46. The number of likely N-dealkylation sites (N-methyl/N-ethyl adjacent to an activating group) is 1. The number of carbonyl (C=O) groups is 1. The van der Waals surface area contributed by atoms with Crippen molar-refractivity contribution in [2.45, 2.75) is 45.7 Å². The van der Waals surface area contributed by atoms with Crippen molar-refractivity contribution >= 4 is 30.9 Å². The van der Waals surface area contributed by atoms with E-state index >= 15 is 0 Å². The average Bonchev–Trinajstić information content (AvgIpc) is 3.17. The van der Waals surface area contributed by atoms with Gasteiger partial charge in [0.2, 0.25) is 5.91 Å². The number of nitrogens with one attached hydrogen (secondary N) is 1. The molecule has 0 radical (unpaired) electrons. The van der Waals surface area contributed by atoms with Crippen LogP contribution in [0.3, 0.4) is 0 Å². The van der Waals surface area contributed by atoms with Crippen molar-refractivity contribution in [2.24, 2.45) is 0 Å². The Kier molecular flexibility index (Phi) is 6.89. The molecule has 3 aromatic heterocycles. The molecule has 0 bridgehead atoms. The summed E-state index contributed by atoms with van der Waals surface area (Å²) in [7, 11) is 1.90. The third-order valence-corrected chi connectivity index (χ3v) is 5.29. The van der Waals surface area contributed by atoms with Crippen molar-refractivity contribution in [1.82, 2.24) is 24.7 Å². The van der Waals surface area contributed by atoms with Gasteiger partial charge in [0.05, 0.1) is 30.3 Å². The van der Waals surface area contributed by atoms with Crippen LogP contribution in [0.25, 0.3) is 0 Å². The van der Waals surface area contributed by atoms with E-state index in [0.29, 0.717) is 25.1 Å². The number of anilines is 2. The lowest BCUT2D eigenvalue weighted by molar-refractivity contribution is -0.117. The van der Waals surface area contributed by atoms with Crippen LogP contribution in [0.2, 0.25) is 0 Å². The fraction of sp³-hybridized carbons (Fsp3) is 0.381. The first-order chi connectivity index (χ1) is 14.4. The topological polar surface area (TPSA) is 88.8 Å². The molecule has 0 saturated carbocycles. The van der Waals surface area contributed by atoms with Crippen LogP contribution in [0.4, 0.5) is 15.9 Å². The summed E-state index contributed by atoms with van der Waals surface area (Å²) in [6, 6.07) is 2.82. The Balaban J connectivity index is 0.00000272. The molecule has 1 N–H and O–H groups in total. The van der Waals surface area contributed by atoms with Gasteiger partial charge < -0.3 is 10.2 Å². The van der Waals surface area contributed by atoms with E-state index in [0.717, 1.165) is 35.0 Å². The Hall–Kier alpha value is -3.01. The van der Waals surface area contributed by atoms with Gasteiger partial charge in [-0.1, -0.05) is 6.92 Å². The van der Waals surface area contributed by atoms with Gasteiger partial charge >= 0.3 is 0 Å². The van der Waals surface area contributed by atoms with Gasteiger partial charge in [-0.3, -0.25) is 14.5 Å². The van der Waals surface area contributed by atoms with E-state index in [2.05, 4.69) is 20.4 Å². The highest BCUT2D eigenvalue weighted by Crippen LogP contribution is 2.32. The molecule has 0 aromatic carbocycles. The average molecular weight is 444 g/mol. The SMILES string of the molecule is CC[C@H]1C(=O)Nc2c(C)nc(CCc3cnn(Cc4ccc(F)cn4)c3)nc2N1C.S. The van der Waals surface area contributed by atoms with Crippen LogP contribution in [0.15, 0.2) is 30.7 Å². The number of hydrogen-bond donors (Lipinski definition) is 1. The molecular formula is C21H26FN7OS. The van der Waals surface area contributed by atoms with E-state index in [4.69, 9.17) is 4.98 Å². The van der Waals surface area contributed by atoms with Crippen molar-refractivity contribution < 1.29 is 9.18 Å². The van der Waals surface area contributed by atoms with E-state index in [1.807, 2.05) is 38.2 Å². The lowest BCUT2D eigenvalue weighted by Gasteiger charge is -2.34. The van der Waals surface area contributed by atoms with Crippen molar-refractivity contribution in [3.8, 4) is 0 Å². The summed E-state index contributed by atoms with van der Waals surface area (Å²) in [5.41, 5.74) is 3.26. The van der Waals surface area contributed by atoms with Crippen molar-refractivity contribution in [3.63, 3.8) is 0 Å². The molecule has 4 rings (SSSR count). The molecule has 164 valence electrons. The third-order valence-electron chi connectivity index (χ3n) is 5.29. The number of aryl methyl sites for hydroxylation is 3. The number of pyridine rings is 1. The molecule has 0 spiro atoms. The van der Waals surface area contributed by atoms with E-state index in [1.165, 1.54) is 12.3 Å². The molecule has 1 amide bonds. The highest BCUT2D eigenvalue weighted by atomic mass is 32.1. The minimum Gasteiger partial charge on any atom is -0.346 e. The normalized spacial score (nSPS) is 15.3. The number of nitrogens with zero attached hydrogens (tertiary/aromatic N) is 6. The Morgan fingerprint density at radius 2 is 2.00 bits per heavy atom. The Morgan fingerprint density at radius 1 is 1.19 bits per heavy atom. The van der Waals surface area contributed by atoms with E-state index < -0.39 is 0 Å². The van der Waals surface area contributed by atoms with Crippen LogP contribution in [0, 0.1) is 12.7 Å². The molecule has 4 heterocycles. The second kappa shape index (κ2) is 9.42. The number of rotatable bonds is 6. The van der Waals surface area contributed by atoms with Crippen molar-refractivity contribution in [2.75, 3.05) is 17.3 Å². The quantitative estimate of drug-likeness (QED) is 0.630. The summed E-state index contributed by atoms with van der Waals surface area (Å²) in [5, 5.41) is 7.30. The standard InChI is InChI=1S/C21H24FN7O.H2S/c1-4-17-21(30)27-19-13(2)25-18(26-20(19)28(17)3)8-5-14-9-24-29(11-14)12-16-7-6-15(22)10-23-16;/h6-7,9-11,17H,4-5,8,12H2,1-3H3,(H,27,30);1H2/t17-;/m0./s1. The van der Waals surface area contributed by atoms with Crippen LogP contribution in [0.5, 0.6) is 0 Å². The Morgan fingerprint density at radius 3 is 2.71 bits per heavy atom. The van der Waals surface area contributed by atoms with Gasteiger partial charge in [0.1, 0.15) is 23.4 Å². The smallest absolute Gasteiger partial charge is 0.247 e. The van der Waals surface area contributed by atoms with Gasteiger partial charge in [0.25, 0.3) is 0 Å². The zero-order valence-electron chi connectivity index (χ0n) is 17.8. The Bertz CT molecular complexity index is 1070. The molecule has 8 nitrogen and oxygen atoms in total. The summed E-state index contributed by atoms with van der Waals surface area (Å²) in [6.45, 7) is 4.36. The van der Waals surface area contributed by atoms with E-state index in [1.54, 1.807) is 10.7 Å². The summed E-state index contributed by atoms with van der Waals surface area (Å²) >= 11 is 0. The number of carbonyl (C=O) groups excluding carboxylic acids is 1. The fourth-order valence-electron chi connectivity index (χ4n) is 3.66. The maximum absolute atomic E-state index is 13.0. The Labute approximate surface area is 187 Å². The minimum absolute atomic E-state index is 0. The molecule has 1 aliphatic heterocycles. The molecule has 1 aliphatic rings. The summed E-state index contributed by atoms with van der Waals surface area (Å²) in [6.07, 6.45) is 7.08. The number of fused-ring (bicyclic) bond motifs is 1. The number of aromatic nitrogens is 5. The minimum atomic E-state index is -0.351. The zero-order chi connectivity index (χ0) is 21.3. The first-order valence-electron chi connectivity index (χ1n) is 9.97. The number of amides is 1. The van der Waals surface area contributed by atoms with Gasteiger partial charge in [-0.15, -0.1) is 0 Å².